The van der Waals surface area contributed by atoms with E-state index in [0.717, 1.165) is 41.4 Å². The van der Waals surface area contributed by atoms with E-state index in [4.69, 9.17) is 0 Å². The first kappa shape index (κ1) is 11.1. The Morgan fingerprint density at radius 1 is 1.53 bits per heavy atom. The summed E-state index contributed by atoms with van der Waals surface area (Å²) in [4.78, 5) is 0. The first-order chi connectivity index (χ1) is 7.22. The van der Waals surface area contributed by atoms with Crippen molar-refractivity contribution >= 4 is 15.9 Å². The topological polar surface area (TPSA) is 12.0 Å². The molecular formula is C12H15BrFN. The molecule has 1 aromatic carbocycles. The molecule has 0 saturated heterocycles. The predicted molar refractivity (Wildman–Crippen MR) is 63.5 cm³/mol. The van der Waals surface area contributed by atoms with E-state index in [1.54, 1.807) is 6.07 Å². The Morgan fingerprint density at radius 3 is 3.07 bits per heavy atom. The van der Waals surface area contributed by atoms with Crippen LogP contribution in [0.2, 0.25) is 0 Å². The normalized spacial score (nSPS) is 19.3. The lowest BCUT2D eigenvalue weighted by molar-refractivity contribution is 0.529. The molecule has 0 aromatic heterocycles. The lowest BCUT2D eigenvalue weighted by atomic mass is 10.1. The first-order valence-corrected chi connectivity index (χ1v) is 6.23. The van der Waals surface area contributed by atoms with Crippen molar-refractivity contribution in [3.05, 3.63) is 33.5 Å². The SMILES string of the molecule is CCCNC1CCc2c(F)cc(Br)cc21. The maximum Gasteiger partial charge on any atom is 0.127 e. The molecular weight excluding hydrogens is 257 g/mol. The molecule has 0 aliphatic heterocycles. The fraction of sp³-hybridized carbons (Fsp3) is 0.500. The van der Waals surface area contributed by atoms with E-state index >= 15 is 0 Å². The summed E-state index contributed by atoms with van der Waals surface area (Å²) < 4.78 is 14.4. The van der Waals surface area contributed by atoms with Gasteiger partial charge in [-0.3, -0.25) is 0 Å². The second-order valence-electron chi connectivity index (χ2n) is 4.00. The highest BCUT2D eigenvalue weighted by Gasteiger charge is 2.24. The average molecular weight is 272 g/mol. The number of halogens is 2. The number of fused-ring (bicyclic) bond motifs is 1. The molecule has 0 radical (unpaired) electrons. The summed E-state index contributed by atoms with van der Waals surface area (Å²) in [5, 5.41) is 3.45. The van der Waals surface area contributed by atoms with Crippen molar-refractivity contribution < 1.29 is 4.39 Å². The number of rotatable bonds is 3. The Hall–Kier alpha value is -0.410. The van der Waals surface area contributed by atoms with Crippen LogP contribution in [0.1, 0.15) is 36.9 Å². The van der Waals surface area contributed by atoms with Gasteiger partial charge in [0.15, 0.2) is 0 Å². The molecule has 15 heavy (non-hydrogen) atoms. The van der Waals surface area contributed by atoms with E-state index in [0.29, 0.717) is 6.04 Å². The van der Waals surface area contributed by atoms with E-state index in [9.17, 15) is 4.39 Å². The summed E-state index contributed by atoms with van der Waals surface area (Å²) in [6.45, 7) is 3.14. The van der Waals surface area contributed by atoms with Gasteiger partial charge in [-0.25, -0.2) is 4.39 Å². The molecule has 1 N–H and O–H groups in total. The molecule has 0 amide bonds. The van der Waals surface area contributed by atoms with Crippen LogP contribution >= 0.6 is 15.9 Å². The third-order valence-corrected chi connectivity index (χ3v) is 3.35. The van der Waals surface area contributed by atoms with Crippen LogP contribution in [0.25, 0.3) is 0 Å². The molecule has 0 fully saturated rings. The Morgan fingerprint density at radius 2 is 2.33 bits per heavy atom. The number of benzene rings is 1. The van der Waals surface area contributed by atoms with E-state index in [2.05, 4.69) is 28.2 Å². The predicted octanol–water partition coefficient (Wildman–Crippen LogP) is 3.58. The van der Waals surface area contributed by atoms with Gasteiger partial charge in [-0.15, -0.1) is 0 Å². The number of hydrogen-bond acceptors (Lipinski definition) is 1. The minimum atomic E-state index is -0.0693. The zero-order valence-corrected chi connectivity index (χ0v) is 10.4. The van der Waals surface area contributed by atoms with Gasteiger partial charge in [0.05, 0.1) is 0 Å². The van der Waals surface area contributed by atoms with Crippen LogP contribution in [0.4, 0.5) is 4.39 Å². The van der Waals surface area contributed by atoms with Gasteiger partial charge in [0, 0.05) is 10.5 Å². The van der Waals surface area contributed by atoms with Crippen molar-refractivity contribution in [3.63, 3.8) is 0 Å². The molecule has 1 nitrogen and oxygen atoms in total. The highest BCUT2D eigenvalue weighted by atomic mass is 79.9. The van der Waals surface area contributed by atoms with E-state index in [1.165, 1.54) is 0 Å². The molecule has 0 saturated carbocycles. The van der Waals surface area contributed by atoms with Crippen LogP contribution in [0.15, 0.2) is 16.6 Å². The molecule has 1 aromatic rings. The highest BCUT2D eigenvalue weighted by Crippen LogP contribution is 2.34. The second kappa shape index (κ2) is 4.62. The zero-order valence-electron chi connectivity index (χ0n) is 8.82. The zero-order chi connectivity index (χ0) is 10.8. The summed E-state index contributed by atoms with van der Waals surface area (Å²) in [5.41, 5.74) is 2.03. The van der Waals surface area contributed by atoms with Crippen molar-refractivity contribution in [2.75, 3.05) is 6.54 Å². The summed E-state index contributed by atoms with van der Waals surface area (Å²) in [6, 6.07) is 3.94. The fourth-order valence-corrected chi connectivity index (χ4v) is 2.62. The Bertz CT molecular complexity index is 365. The van der Waals surface area contributed by atoms with Gasteiger partial charge < -0.3 is 5.32 Å². The van der Waals surface area contributed by atoms with Crippen molar-refractivity contribution in [3.8, 4) is 0 Å². The van der Waals surface area contributed by atoms with Gasteiger partial charge in [-0.1, -0.05) is 22.9 Å². The highest BCUT2D eigenvalue weighted by molar-refractivity contribution is 9.10. The minimum absolute atomic E-state index is 0.0693. The van der Waals surface area contributed by atoms with Crippen molar-refractivity contribution in [2.45, 2.75) is 32.2 Å². The fourth-order valence-electron chi connectivity index (χ4n) is 2.17. The van der Waals surface area contributed by atoms with Crippen LogP contribution in [-0.4, -0.2) is 6.54 Å². The first-order valence-electron chi connectivity index (χ1n) is 5.43. The smallest absolute Gasteiger partial charge is 0.127 e. The third-order valence-electron chi connectivity index (χ3n) is 2.89. The van der Waals surface area contributed by atoms with E-state index < -0.39 is 0 Å². The Kier molecular flexibility index (Phi) is 3.42. The van der Waals surface area contributed by atoms with Gasteiger partial charge >= 0.3 is 0 Å². The molecule has 3 heteroatoms. The van der Waals surface area contributed by atoms with Crippen LogP contribution in [-0.2, 0) is 6.42 Å². The summed E-state index contributed by atoms with van der Waals surface area (Å²) in [6.07, 6.45) is 2.99. The van der Waals surface area contributed by atoms with Gasteiger partial charge in [-0.05, 0) is 49.1 Å². The van der Waals surface area contributed by atoms with Crippen molar-refractivity contribution in [1.82, 2.24) is 5.32 Å². The van der Waals surface area contributed by atoms with E-state index in [-0.39, 0.29) is 5.82 Å². The van der Waals surface area contributed by atoms with Gasteiger partial charge in [-0.2, -0.15) is 0 Å². The molecule has 0 spiro atoms. The lowest BCUT2D eigenvalue weighted by Gasteiger charge is -2.13. The maximum atomic E-state index is 13.6. The molecule has 1 aliphatic carbocycles. The Labute approximate surface area is 98.2 Å². The average Bonchev–Trinajstić information content (AvgIpc) is 2.58. The van der Waals surface area contributed by atoms with Gasteiger partial charge in [0.2, 0.25) is 0 Å². The van der Waals surface area contributed by atoms with Crippen LogP contribution in [0, 0.1) is 5.82 Å². The molecule has 2 rings (SSSR count). The second-order valence-corrected chi connectivity index (χ2v) is 4.92. The standard InChI is InChI=1S/C12H15BrFN/c1-2-5-15-12-4-3-9-10(12)6-8(13)7-11(9)14/h6-7,12,15H,2-5H2,1H3. The maximum absolute atomic E-state index is 13.6. The van der Waals surface area contributed by atoms with Gasteiger partial charge in [0.1, 0.15) is 5.82 Å². The lowest BCUT2D eigenvalue weighted by Crippen LogP contribution is -2.19. The van der Waals surface area contributed by atoms with Crippen molar-refractivity contribution in [2.24, 2.45) is 0 Å². The molecule has 0 heterocycles. The van der Waals surface area contributed by atoms with Gasteiger partial charge in [0.25, 0.3) is 0 Å². The largest absolute Gasteiger partial charge is 0.310 e. The third kappa shape index (κ3) is 2.23. The quantitative estimate of drug-likeness (QED) is 0.886. The number of hydrogen-bond donors (Lipinski definition) is 1. The van der Waals surface area contributed by atoms with Crippen molar-refractivity contribution in [1.29, 1.82) is 0 Å². The molecule has 1 atom stereocenters. The summed E-state index contributed by atoms with van der Waals surface area (Å²) in [5.74, 6) is -0.0693. The van der Waals surface area contributed by atoms with Crippen LogP contribution in [0.5, 0.6) is 0 Å². The van der Waals surface area contributed by atoms with Crippen LogP contribution < -0.4 is 5.32 Å². The molecule has 1 unspecified atom stereocenters. The monoisotopic (exact) mass is 271 g/mol. The molecule has 1 aliphatic rings. The number of nitrogens with one attached hydrogen (secondary N) is 1. The summed E-state index contributed by atoms with van der Waals surface area (Å²) >= 11 is 3.34. The molecule has 82 valence electrons. The van der Waals surface area contributed by atoms with Crippen LogP contribution in [0.3, 0.4) is 0 Å². The minimum Gasteiger partial charge on any atom is -0.310 e. The Balaban J connectivity index is 2.25. The molecule has 0 bridgehead atoms. The summed E-state index contributed by atoms with van der Waals surface area (Å²) in [7, 11) is 0. The van der Waals surface area contributed by atoms with E-state index in [1.807, 2.05) is 6.07 Å².